The van der Waals surface area contributed by atoms with Gasteiger partial charge in [0.2, 0.25) is 5.91 Å². The van der Waals surface area contributed by atoms with Crippen LogP contribution in [0.25, 0.3) is 0 Å². The molecule has 4 nitrogen and oxygen atoms in total. The lowest BCUT2D eigenvalue weighted by Crippen LogP contribution is -2.37. The van der Waals surface area contributed by atoms with Crippen molar-refractivity contribution in [3.05, 3.63) is 30.1 Å². The molecule has 2 rings (SSSR count). The largest absolute Gasteiger partial charge is 0.355 e. The summed E-state index contributed by atoms with van der Waals surface area (Å²) < 4.78 is 0. The van der Waals surface area contributed by atoms with E-state index in [2.05, 4.69) is 35.5 Å². The van der Waals surface area contributed by atoms with Crippen LogP contribution in [0.5, 0.6) is 0 Å². The second-order valence-corrected chi connectivity index (χ2v) is 5.97. The molecule has 1 amide bonds. The van der Waals surface area contributed by atoms with E-state index in [4.69, 9.17) is 0 Å². The number of carbonyl (C=O) groups excluding carboxylic acids is 1. The van der Waals surface area contributed by atoms with Gasteiger partial charge in [-0.3, -0.25) is 9.78 Å². The normalized spacial score (nSPS) is 19.4. The molecule has 2 N–H and O–H groups in total. The number of rotatable bonds is 5. The minimum absolute atomic E-state index is 0.0855. The molecule has 1 aliphatic rings. The zero-order chi connectivity index (χ0) is 13.7. The standard InChI is InChI=1S/C15H23N3O/c1-15(2,13-4-3-6-16-10-13)11-18-14(19)8-12-5-7-17-9-12/h3-4,6,10,12,17H,5,7-9,11H2,1-2H3,(H,18,19). The Hall–Kier alpha value is -1.42. The van der Waals surface area contributed by atoms with E-state index in [1.165, 1.54) is 0 Å². The van der Waals surface area contributed by atoms with E-state index >= 15 is 0 Å². The maximum atomic E-state index is 11.9. The van der Waals surface area contributed by atoms with Crippen LogP contribution in [0.3, 0.4) is 0 Å². The maximum absolute atomic E-state index is 11.9. The van der Waals surface area contributed by atoms with Crippen molar-refractivity contribution < 1.29 is 4.79 Å². The summed E-state index contributed by atoms with van der Waals surface area (Å²) in [4.78, 5) is 16.1. The van der Waals surface area contributed by atoms with Gasteiger partial charge < -0.3 is 10.6 Å². The summed E-state index contributed by atoms with van der Waals surface area (Å²) in [6.45, 7) is 6.92. The zero-order valence-corrected chi connectivity index (χ0v) is 11.8. The summed E-state index contributed by atoms with van der Waals surface area (Å²) >= 11 is 0. The fraction of sp³-hybridized carbons (Fsp3) is 0.600. The Balaban J connectivity index is 1.82. The van der Waals surface area contributed by atoms with E-state index < -0.39 is 0 Å². The van der Waals surface area contributed by atoms with Crippen molar-refractivity contribution in [2.75, 3.05) is 19.6 Å². The Bertz CT molecular complexity index is 411. The number of hydrogen-bond donors (Lipinski definition) is 2. The first-order valence-corrected chi connectivity index (χ1v) is 6.96. The van der Waals surface area contributed by atoms with Crippen LogP contribution in [0.1, 0.15) is 32.3 Å². The van der Waals surface area contributed by atoms with Gasteiger partial charge in [-0.25, -0.2) is 0 Å². The minimum Gasteiger partial charge on any atom is -0.355 e. The summed E-state index contributed by atoms with van der Waals surface area (Å²) in [5.41, 5.74) is 1.07. The monoisotopic (exact) mass is 261 g/mol. The van der Waals surface area contributed by atoms with Crippen LogP contribution < -0.4 is 10.6 Å². The molecule has 2 heterocycles. The molecule has 1 fully saturated rings. The Morgan fingerprint density at radius 2 is 2.42 bits per heavy atom. The van der Waals surface area contributed by atoms with Crippen molar-refractivity contribution in [1.29, 1.82) is 0 Å². The number of nitrogens with zero attached hydrogens (tertiary/aromatic N) is 1. The molecule has 1 aromatic heterocycles. The Morgan fingerprint density at radius 3 is 3.05 bits per heavy atom. The van der Waals surface area contributed by atoms with Gasteiger partial charge in [-0.1, -0.05) is 19.9 Å². The molecule has 1 aliphatic heterocycles. The van der Waals surface area contributed by atoms with Crippen LogP contribution in [0, 0.1) is 5.92 Å². The second kappa shape index (κ2) is 6.15. The number of aromatic nitrogens is 1. The first-order chi connectivity index (χ1) is 9.08. The fourth-order valence-corrected chi connectivity index (χ4v) is 2.41. The fourth-order valence-electron chi connectivity index (χ4n) is 2.41. The van der Waals surface area contributed by atoms with Gasteiger partial charge in [0.05, 0.1) is 0 Å². The summed E-state index contributed by atoms with van der Waals surface area (Å²) in [6, 6.07) is 3.99. The van der Waals surface area contributed by atoms with Crippen LogP contribution in [-0.2, 0) is 10.2 Å². The molecule has 0 radical (unpaired) electrons. The van der Waals surface area contributed by atoms with E-state index in [1.54, 1.807) is 6.20 Å². The summed E-state index contributed by atoms with van der Waals surface area (Å²) in [6.07, 6.45) is 5.38. The minimum atomic E-state index is -0.0855. The average molecular weight is 261 g/mol. The molecule has 104 valence electrons. The van der Waals surface area contributed by atoms with Crippen LogP contribution in [-0.4, -0.2) is 30.5 Å². The van der Waals surface area contributed by atoms with Gasteiger partial charge >= 0.3 is 0 Å². The SMILES string of the molecule is CC(C)(CNC(=O)CC1CCNC1)c1cccnc1. The van der Waals surface area contributed by atoms with Gasteiger partial charge in [0.15, 0.2) is 0 Å². The predicted molar refractivity (Wildman–Crippen MR) is 75.9 cm³/mol. The molecule has 1 aromatic rings. The van der Waals surface area contributed by atoms with Gasteiger partial charge in [0, 0.05) is 30.8 Å². The van der Waals surface area contributed by atoms with E-state index in [0.717, 1.165) is 25.1 Å². The molecule has 0 saturated carbocycles. The van der Waals surface area contributed by atoms with Crippen LogP contribution in [0.15, 0.2) is 24.5 Å². The van der Waals surface area contributed by atoms with Gasteiger partial charge in [-0.15, -0.1) is 0 Å². The molecule has 1 saturated heterocycles. The van der Waals surface area contributed by atoms with Gasteiger partial charge in [0.25, 0.3) is 0 Å². The quantitative estimate of drug-likeness (QED) is 0.844. The average Bonchev–Trinajstić information content (AvgIpc) is 2.90. The topological polar surface area (TPSA) is 54.0 Å². The lowest BCUT2D eigenvalue weighted by molar-refractivity contribution is -0.122. The highest BCUT2D eigenvalue weighted by molar-refractivity contribution is 5.76. The van der Waals surface area contributed by atoms with Crippen LogP contribution >= 0.6 is 0 Å². The first-order valence-electron chi connectivity index (χ1n) is 6.96. The molecule has 0 aliphatic carbocycles. The predicted octanol–water partition coefficient (Wildman–Crippen LogP) is 1.47. The third-order valence-corrected chi connectivity index (χ3v) is 3.81. The smallest absolute Gasteiger partial charge is 0.220 e. The molecule has 0 spiro atoms. The van der Waals surface area contributed by atoms with Crippen molar-refractivity contribution in [3.63, 3.8) is 0 Å². The third-order valence-electron chi connectivity index (χ3n) is 3.81. The molecule has 19 heavy (non-hydrogen) atoms. The zero-order valence-electron chi connectivity index (χ0n) is 11.8. The number of amides is 1. The van der Waals surface area contributed by atoms with E-state index in [0.29, 0.717) is 18.9 Å². The van der Waals surface area contributed by atoms with Gasteiger partial charge in [-0.05, 0) is 37.1 Å². The highest BCUT2D eigenvalue weighted by atomic mass is 16.1. The Kier molecular flexibility index (Phi) is 4.53. The Morgan fingerprint density at radius 1 is 1.58 bits per heavy atom. The number of carbonyl (C=O) groups is 1. The molecular weight excluding hydrogens is 238 g/mol. The van der Waals surface area contributed by atoms with Crippen molar-refractivity contribution in [3.8, 4) is 0 Å². The second-order valence-electron chi connectivity index (χ2n) is 5.97. The Labute approximate surface area is 115 Å². The molecule has 0 bridgehead atoms. The summed E-state index contributed by atoms with van der Waals surface area (Å²) in [7, 11) is 0. The van der Waals surface area contributed by atoms with Crippen molar-refractivity contribution in [2.24, 2.45) is 5.92 Å². The van der Waals surface area contributed by atoms with Gasteiger partial charge in [-0.2, -0.15) is 0 Å². The van der Waals surface area contributed by atoms with Crippen molar-refractivity contribution >= 4 is 5.91 Å². The lowest BCUT2D eigenvalue weighted by atomic mass is 9.85. The highest BCUT2D eigenvalue weighted by Gasteiger charge is 2.23. The van der Waals surface area contributed by atoms with E-state index in [-0.39, 0.29) is 11.3 Å². The summed E-state index contributed by atoms with van der Waals surface area (Å²) in [5, 5.41) is 6.34. The third kappa shape index (κ3) is 4.03. The van der Waals surface area contributed by atoms with E-state index in [1.807, 2.05) is 12.3 Å². The first kappa shape index (κ1) is 14.0. The maximum Gasteiger partial charge on any atom is 0.220 e. The molecule has 1 atom stereocenters. The van der Waals surface area contributed by atoms with E-state index in [9.17, 15) is 4.79 Å². The lowest BCUT2D eigenvalue weighted by Gasteiger charge is -2.25. The van der Waals surface area contributed by atoms with Crippen LogP contribution in [0.4, 0.5) is 0 Å². The van der Waals surface area contributed by atoms with Crippen molar-refractivity contribution in [1.82, 2.24) is 15.6 Å². The number of nitrogens with one attached hydrogen (secondary N) is 2. The molecular formula is C15H23N3O. The van der Waals surface area contributed by atoms with Gasteiger partial charge in [0.1, 0.15) is 0 Å². The summed E-state index contributed by atoms with van der Waals surface area (Å²) in [5.74, 6) is 0.659. The molecule has 4 heteroatoms. The van der Waals surface area contributed by atoms with Crippen molar-refractivity contribution in [2.45, 2.75) is 32.1 Å². The molecule has 1 unspecified atom stereocenters. The molecule has 0 aromatic carbocycles. The number of pyridine rings is 1. The van der Waals surface area contributed by atoms with Crippen LogP contribution in [0.2, 0.25) is 0 Å². The highest BCUT2D eigenvalue weighted by Crippen LogP contribution is 2.21. The number of hydrogen-bond acceptors (Lipinski definition) is 3.